The molecule has 0 radical (unpaired) electrons. The van der Waals surface area contributed by atoms with Crippen molar-refractivity contribution in [2.24, 2.45) is 0 Å². The number of nitrogens with one attached hydrogen (secondary N) is 1. The lowest BCUT2D eigenvalue weighted by Crippen LogP contribution is -2.26. The summed E-state index contributed by atoms with van der Waals surface area (Å²) in [5, 5.41) is 16.9. The molecule has 0 saturated carbocycles. The van der Waals surface area contributed by atoms with Crippen LogP contribution in [-0.4, -0.2) is 54.3 Å². The predicted molar refractivity (Wildman–Crippen MR) is 140 cm³/mol. The van der Waals surface area contributed by atoms with Gasteiger partial charge in [-0.05, 0) is 67.7 Å². The summed E-state index contributed by atoms with van der Waals surface area (Å²) in [5.74, 6) is 0.458. The van der Waals surface area contributed by atoms with Crippen LogP contribution in [-0.2, 0) is 22.5 Å². The van der Waals surface area contributed by atoms with Gasteiger partial charge in [-0.3, -0.25) is 4.79 Å². The highest BCUT2D eigenvalue weighted by molar-refractivity contribution is 5.70. The van der Waals surface area contributed by atoms with Crippen molar-refractivity contribution in [3.05, 3.63) is 53.1 Å². The molecule has 0 atom stereocenters. The van der Waals surface area contributed by atoms with E-state index in [1.54, 1.807) is 6.07 Å². The van der Waals surface area contributed by atoms with Gasteiger partial charge in [0, 0.05) is 30.9 Å². The number of nitriles is 1. The first-order chi connectivity index (χ1) is 18.7. The van der Waals surface area contributed by atoms with Gasteiger partial charge >= 0.3 is 5.97 Å². The summed E-state index contributed by atoms with van der Waals surface area (Å²) in [4.78, 5) is 18.3. The Labute approximate surface area is 225 Å². The summed E-state index contributed by atoms with van der Waals surface area (Å²) >= 11 is 0. The second-order valence-electron chi connectivity index (χ2n) is 10.1. The van der Waals surface area contributed by atoms with E-state index < -0.39 is 25.1 Å². The second-order valence-corrected chi connectivity index (χ2v) is 10.1. The SMILES string of the molecule is CC(C)(C)OC(=O)CCNCc1ccc2c(c1)CCN2c1noc(-c2ccc(OC(CF)CF)c(C#N)c2)n1. The van der Waals surface area contributed by atoms with Gasteiger partial charge in [0.15, 0.2) is 6.10 Å². The molecule has 0 bridgehead atoms. The highest BCUT2D eigenvalue weighted by atomic mass is 19.1. The molecule has 1 aliphatic rings. The van der Waals surface area contributed by atoms with Crippen LogP contribution in [0.2, 0.25) is 0 Å². The van der Waals surface area contributed by atoms with E-state index in [0.717, 1.165) is 23.2 Å². The molecule has 206 valence electrons. The van der Waals surface area contributed by atoms with Crippen molar-refractivity contribution in [2.45, 2.75) is 51.9 Å². The number of benzene rings is 2. The lowest BCUT2D eigenvalue weighted by molar-refractivity contribution is -0.154. The Morgan fingerprint density at radius 1 is 1.23 bits per heavy atom. The van der Waals surface area contributed by atoms with Crippen molar-refractivity contribution in [2.75, 3.05) is 31.3 Å². The summed E-state index contributed by atoms with van der Waals surface area (Å²) in [5.41, 5.74) is 3.34. The van der Waals surface area contributed by atoms with E-state index in [4.69, 9.17) is 14.0 Å². The maximum atomic E-state index is 12.8. The monoisotopic (exact) mass is 539 g/mol. The average molecular weight is 540 g/mol. The summed E-state index contributed by atoms with van der Waals surface area (Å²) in [6.07, 6.45) is -0.154. The first kappa shape index (κ1) is 28.0. The van der Waals surface area contributed by atoms with E-state index in [9.17, 15) is 18.8 Å². The number of ether oxygens (including phenoxy) is 2. The van der Waals surface area contributed by atoms with Crippen LogP contribution in [0, 0.1) is 11.3 Å². The van der Waals surface area contributed by atoms with Gasteiger partial charge in [0.2, 0.25) is 0 Å². The number of halogens is 2. The topological polar surface area (TPSA) is 114 Å². The third-order valence-corrected chi connectivity index (χ3v) is 5.94. The highest BCUT2D eigenvalue weighted by Crippen LogP contribution is 2.35. The Morgan fingerprint density at radius 2 is 2.03 bits per heavy atom. The molecule has 0 amide bonds. The smallest absolute Gasteiger partial charge is 0.307 e. The Balaban J connectivity index is 1.39. The van der Waals surface area contributed by atoms with Gasteiger partial charge in [0.1, 0.15) is 30.8 Å². The largest absolute Gasteiger partial charge is 0.484 e. The van der Waals surface area contributed by atoms with Crippen LogP contribution in [0.4, 0.5) is 20.4 Å². The maximum absolute atomic E-state index is 12.8. The van der Waals surface area contributed by atoms with Crippen molar-refractivity contribution in [1.29, 1.82) is 5.26 Å². The lowest BCUT2D eigenvalue weighted by Gasteiger charge is -2.19. The van der Waals surface area contributed by atoms with E-state index in [2.05, 4.69) is 21.5 Å². The molecule has 2 heterocycles. The summed E-state index contributed by atoms with van der Waals surface area (Å²) in [6, 6.07) is 12.7. The van der Waals surface area contributed by atoms with E-state index in [0.29, 0.717) is 37.6 Å². The van der Waals surface area contributed by atoms with Gasteiger partial charge in [0.05, 0.1) is 12.0 Å². The van der Waals surface area contributed by atoms with Gasteiger partial charge in [-0.15, -0.1) is 0 Å². The average Bonchev–Trinajstić information content (AvgIpc) is 3.56. The summed E-state index contributed by atoms with van der Waals surface area (Å²) in [7, 11) is 0. The molecular weight excluding hydrogens is 508 g/mol. The molecule has 4 rings (SSSR count). The molecule has 11 heteroatoms. The zero-order valence-electron chi connectivity index (χ0n) is 22.2. The number of hydrogen-bond acceptors (Lipinski definition) is 9. The van der Waals surface area contributed by atoms with Crippen molar-refractivity contribution in [1.82, 2.24) is 15.5 Å². The van der Waals surface area contributed by atoms with Crippen LogP contribution in [0.3, 0.4) is 0 Å². The molecule has 0 aliphatic carbocycles. The standard InChI is InChI=1S/C28H31F2N5O4/c1-28(2,3)38-25(36)8-10-32-17-18-4-6-23-19(12-18)9-11-35(23)27-33-26(39-34-27)20-5-7-24(21(13-20)16-31)37-22(14-29)15-30/h4-7,12-13,22,32H,8-11,14-15,17H2,1-3H3. The van der Waals surface area contributed by atoms with Crippen molar-refractivity contribution < 1.29 is 27.6 Å². The van der Waals surface area contributed by atoms with Crippen molar-refractivity contribution in [3.8, 4) is 23.3 Å². The fraction of sp³-hybridized carbons (Fsp3) is 0.429. The first-order valence-corrected chi connectivity index (χ1v) is 12.7. The Bertz CT molecular complexity index is 1340. The lowest BCUT2D eigenvalue weighted by atomic mass is 10.1. The van der Waals surface area contributed by atoms with Crippen LogP contribution in [0.15, 0.2) is 40.9 Å². The number of fused-ring (bicyclic) bond motifs is 1. The maximum Gasteiger partial charge on any atom is 0.307 e. The Hall–Kier alpha value is -4.04. The molecule has 3 aromatic rings. The molecule has 1 aliphatic heterocycles. The minimum atomic E-state index is -1.26. The zero-order valence-corrected chi connectivity index (χ0v) is 22.2. The number of rotatable bonds is 11. The number of anilines is 2. The van der Waals surface area contributed by atoms with Gasteiger partial charge in [0.25, 0.3) is 11.8 Å². The fourth-order valence-corrected chi connectivity index (χ4v) is 4.17. The second kappa shape index (κ2) is 12.2. The van der Waals surface area contributed by atoms with E-state index in [1.165, 1.54) is 12.1 Å². The van der Waals surface area contributed by atoms with E-state index in [-0.39, 0.29) is 23.2 Å². The van der Waals surface area contributed by atoms with Crippen LogP contribution in [0.1, 0.15) is 43.9 Å². The molecule has 2 aromatic carbocycles. The molecule has 39 heavy (non-hydrogen) atoms. The summed E-state index contributed by atoms with van der Waals surface area (Å²) in [6.45, 7) is 5.37. The third kappa shape index (κ3) is 7.09. The first-order valence-electron chi connectivity index (χ1n) is 12.7. The fourth-order valence-electron chi connectivity index (χ4n) is 4.17. The molecule has 1 N–H and O–H groups in total. The minimum absolute atomic E-state index is 0.0879. The van der Waals surface area contributed by atoms with Crippen LogP contribution < -0.4 is 15.0 Å². The number of carbonyl (C=O) groups is 1. The zero-order chi connectivity index (χ0) is 28.0. The minimum Gasteiger partial charge on any atom is -0.484 e. The van der Waals surface area contributed by atoms with Crippen molar-refractivity contribution in [3.63, 3.8) is 0 Å². The number of esters is 1. The number of hydrogen-bond donors (Lipinski definition) is 1. The van der Waals surface area contributed by atoms with Gasteiger partial charge < -0.3 is 24.2 Å². The quantitative estimate of drug-likeness (QED) is 0.271. The van der Waals surface area contributed by atoms with E-state index >= 15 is 0 Å². The van der Waals surface area contributed by atoms with E-state index in [1.807, 2.05) is 43.9 Å². The molecule has 0 spiro atoms. The molecule has 1 aromatic heterocycles. The number of nitrogens with zero attached hydrogens (tertiary/aromatic N) is 4. The Morgan fingerprint density at radius 3 is 2.74 bits per heavy atom. The number of alkyl halides is 2. The number of aromatic nitrogens is 2. The normalized spacial score (nSPS) is 12.9. The van der Waals surface area contributed by atoms with Crippen LogP contribution in [0.5, 0.6) is 5.75 Å². The number of carbonyl (C=O) groups excluding carboxylic acids is 1. The Kier molecular flexibility index (Phi) is 8.76. The summed E-state index contributed by atoms with van der Waals surface area (Å²) < 4.78 is 41.7. The van der Waals surface area contributed by atoms with Gasteiger partial charge in [-0.2, -0.15) is 10.2 Å². The highest BCUT2D eigenvalue weighted by Gasteiger charge is 2.25. The third-order valence-electron chi connectivity index (χ3n) is 5.94. The molecule has 0 unspecified atom stereocenters. The predicted octanol–water partition coefficient (Wildman–Crippen LogP) is 4.81. The molecule has 0 saturated heterocycles. The van der Waals surface area contributed by atoms with Crippen molar-refractivity contribution >= 4 is 17.6 Å². The van der Waals surface area contributed by atoms with Crippen LogP contribution >= 0.6 is 0 Å². The molecule has 9 nitrogen and oxygen atoms in total. The van der Waals surface area contributed by atoms with Gasteiger partial charge in [-0.1, -0.05) is 12.1 Å². The molecular formula is C28H31F2N5O4. The van der Waals surface area contributed by atoms with Gasteiger partial charge in [-0.25, -0.2) is 8.78 Å². The van der Waals surface area contributed by atoms with Crippen LogP contribution in [0.25, 0.3) is 11.5 Å². The molecule has 0 fully saturated rings.